The van der Waals surface area contributed by atoms with Gasteiger partial charge in [-0.15, -0.1) is 0 Å². The molecule has 1 heterocycles. The van der Waals surface area contributed by atoms with Gasteiger partial charge in [0.25, 0.3) is 0 Å². The standard InChI is InChI=1S/C13H14N2O2/c16-12-3-1-2-4-13(12)17-8-11-7-14-9-15(11)10-5-6-10/h1-4,7,9-10,16H,5-6,8H2. The van der Waals surface area contributed by atoms with Crippen LogP contribution < -0.4 is 4.74 Å². The Balaban J connectivity index is 1.71. The predicted octanol–water partition coefficient (Wildman–Crippen LogP) is 2.50. The first kappa shape index (κ1) is 10.2. The molecule has 4 heteroatoms. The van der Waals surface area contributed by atoms with Crippen molar-refractivity contribution in [3.63, 3.8) is 0 Å². The number of ether oxygens (including phenoxy) is 1. The first-order chi connectivity index (χ1) is 8.34. The van der Waals surface area contributed by atoms with Crippen molar-refractivity contribution in [2.75, 3.05) is 0 Å². The van der Waals surface area contributed by atoms with Crippen molar-refractivity contribution >= 4 is 0 Å². The van der Waals surface area contributed by atoms with E-state index in [2.05, 4.69) is 9.55 Å². The summed E-state index contributed by atoms with van der Waals surface area (Å²) in [5.41, 5.74) is 1.05. The van der Waals surface area contributed by atoms with Gasteiger partial charge in [-0.25, -0.2) is 4.98 Å². The molecule has 0 spiro atoms. The second kappa shape index (κ2) is 4.13. The van der Waals surface area contributed by atoms with E-state index in [0.29, 0.717) is 18.4 Å². The molecule has 88 valence electrons. The number of nitrogens with zero attached hydrogens (tertiary/aromatic N) is 2. The van der Waals surface area contributed by atoms with Crippen LogP contribution in [0.4, 0.5) is 0 Å². The van der Waals surface area contributed by atoms with Gasteiger partial charge in [-0.1, -0.05) is 12.1 Å². The Bertz CT molecular complexity index is 518. The first-order valence-corrected chi connectivity index (χ1v) is 5.76. The van der Waals surface area contributed by atoms with Crippen molar-refractivity contribution in [3.05, 3.63) is 42.5 Å². The van der Waals surface area contributed by atoms with Crippen LogP contribution in [0, 0.1) is 0 Å². The fourth-order valence-electron chi connectivity index (χ4n) is 1.86. The number of rotatable bonds is 4. The minimum Gasteiger partial charge on any atom is -0.504 e. The van der Waals surface area contributed by atoms with Gasteiger partial charge in [-0.3, -0.25) is 0 Å². The average Bonchev–Trinajstić information content (AvgIpc) is 3.08. The minimum atomic E-state index is 0.171. The number of aromatic nitrogens is 2. The van der Waals surface area contributed by atoms with Gasteiger partial charge in [-0.2, -0.15) is 0 Å². The van der Waals surface area contributed by atoms with Gasteiger partial charge in [0.15, 0.2) is 11.5 Å². The SMILES string of the molecule is Oc1ccccc1OCc1cncn1C1CC1. The molecule has 0 aliphatic heterocycles. The van der Waals surface area contributed by atoms with Crippen LogP contribution in [0.25, 0.3) is 0 Å². The highest BCUT2D eigenvalue weighted by Crippen LogP contribution is 2.36. The third-order valence-electron chi connectivity index (χ3n) is 2.93. The molecule has 0 radical (unpaired) electrons. The van der Waals surface area contributed by atoms with Crippen LogP contribution in [0.3, 0.4) is 0 Å². The molecule has 4 nitrogen and oxygen atoms in total. The summed E-state index contributed by atoms with van der Waals surface area (Å²) in [6.45, 7) is 0.439. The van der Waals surface area contributed by atoms with Crippen LogP contribution in [0.1, 0.15) is 24.6 Å². The lowest BCUT2D eigenvalue weighted by Crippen LogP contribution is -2.03. The highest BCUT2D eigenvalue weighted by Gasteiger charge is 2.25. The summed E-state index contributed by atoms with van der Waals surface area (Å²) in [5, 5.41) is 9.58. The second-order valence-corrected chi connectivity index (χ2v) is 4.28. The van der Waals surface area contributed by atoms with Crippen molar-refractivity contribution in [3.8, 4) is 11.5 Å². The summed E-state index contributed by atoms with van der Waals surface area (Å²) < 4.78 is 7.74. The average molecular weight is 230 g/mol. The van der Waals surface area contributed by atoms with Gasteiger partial charge in [0, 0.05) is 6.04 Å². The minimum absolute atomic E-state index is 0.171. The number of hydrogen-bond acceptors (Lipinski definition) is 3. The highest BCUT2D eigenvalue weighted by atomic mass is 16.5. The van der Waals surface area contributed by atoms with Crippen molar-refractivity contribution in [2.45, 2.75) is 25.5 Å². The Morgan fingerprint density at radius 3 is 2.94 bits per heavy atom. The van der Waals surface area contributed by atoms with Crippen LogP contribution in [-0.4, -0.2) is 14.7 Å². The van der Waals surface area contributed by atoms with E-state index < -0.39 is 0 Å². The summed E-state index contributed by atoms with van der Waals surface area (Å²) in [6, 6.07) is 7.59. The Labute approximate surface area is 99.5 Å². The number of phenolic OH excluding ortho intramolecular Hbond substituents is 1. The Morgan fingerprint density at radius 1 is 1.35 bits per heavy atom. The van der Waals surface area contributed by atoms with Crippen molar-refractivity contribution in [2.24, 2.45) is 0 Å². The van der Waals surface area contributed by atoms with Crippen LogP contribution in [0.15, 0.2) is 36.8 Å². The molecule has 0 saturated heterocycles. The van der Waals surface area contributed by atoms with Gasteiger partial charge >= 0.3 is 0 Å². The summed E-state index contributed by atoms with van der Waals surface area (Å²) in [5.74, 6) is 0.682. The van der Waals surface area contributed by atoms with Crippen LogP contribution >= 0.6 is 0 Å². The number of aromatic hydroxyl groups is 1. The molecule has 1 saturated carbocycles. The zero-order valence-electron chi connectivity index (χ0n) is 9.41. The molecule has 3 rings (SSSR count). The predicted molar refractivity (Wildman–Crippen MR) is 62.9 cm³/mol. The van der Waals surface area contributed by atoms with E-state index >= 15 is 0 Å². The number of phenols is 1. The van der Waals surface area contributed by atoms with Crippen LogP contribution in [0.5, 0.6) is 11.5 Å². The van der Waals surface area contributed by atoms with E-state index in [1.54, 1.807) is 18.2 Å². The number of hydrogen-bond donors (Lipinski definition) is 1. The molecule has 0 unspecified atom stereocenters. The first-order valence-electron chi connectivity index (χ1n) is 5.76. The summed E-state index contributed by atoms with van der Waals surface area (Å²) in [6.07, 6.45) is 6.11. The van der Waals surface area contributed by atoms with E-state index in [9.17, 15) is 5.11 Å². The summed E-state index contributed by atoms with van der Waals surface area (Å²) in [7, 11) is 0. The monoisotopic (exact) mass is 230 g/mol. The van der Waals surface area contributed by atoms with Crippen molar-refractivity contribution in [1.29, 1.82) is 0 Å². The third kappa shape index (κ3) is 2.11. The zero-order valence-corrected chi connectivity index (χ0v) is 9.41. The smallest absolute Gasteiger partial charge is 0.161 e. The Morgan fingerprint density at radius 2 is 2.18 bits per heavy atom. The fraction of sp³-hybridized carbons (Fsp3) is 0.308. The van der Waals surface area contributed by atoms with E-state index in [4.69, 9.17) is 4.74 Å². The molecule has 0 atom stereocenters. The Hall–Kier alpha value is -1.97. The van der Waals surface area contributed by atoms with E-state index in [1.807, 2.05) is 18.6 Å². The van der Waals surface area contributed by atoms with Gasteiger partial charge in [0.2, 0.25) is 0 Å². The van der Waals surface area contributed by atoms with Crippen molar-refractivity contribution < 1.29 is 9.84 Å². The maximum absolute atomic E-state index is 9.58. The maximum atomic E-state index is 9.58. The van der Waals surface area contributed by atoms with Crippen molar-refractivity contribution in [1.82, 2.24) is 9.55 Å². The third-order valence-corrected chi connectivity index (χ3v) is 2.93. The zero-order chi connectivity index (χ0) is 11.7. The Kier molecular flexibility index (Phi) is 2.48. The quantitative estimate of drug-likeness (QED) is 0.877. The lowest BCUT2D eigenvalue weighted by molar-refractivity contribution is 0.279. The molecule has 2 aromatic rings. The fourth-order valence-corrected chi connectivity index (χ4v) is 1.86. The van der Waals surface area contributed by atoms with E-state index in [0.717, 1.165) is 5.69 Å². The molecule has 1 aromatic carbocycles. The molecule has 17 heavy (non-hydrogen) atoms. The van der Waals surface area contributed by atoms with Crippen LogP contribution in [-0.2, 0) is 6.61 Å². The molecule has 1 fully saturated rings. The van der Waals surface area contributed by atoms with Gasteiger partial charge in [0.1, 0.15) is 6.61 Å². The highest BCUT2D eigenvalue weighted by molar-refractivity contribution is 5.37. The summed E-state index contributed by atoms with van der Waals surface area (Å²) >= 11 is 0. The molecule has 1 aliphatic carbocycles. The number of imidazole rings is 1. The lowest BCUT2D eigenvalue weighted by atomic mass is 10.3. The lowest BCUT2D eigenvalue weighted by Gasteiger charge is -2.09. The maximum Gasteiger partial charge on any atom is 0.161 e. The van der Waals surface area contributed by atoms with Gasteiger partial charge in [-0.05, 0) is 25.0 Å². The van der Waals surface area contributed by atoms with E-state index in [1.165, 1.54) is 12.8 Å². The van der Waals surface area contributed by atoms with Gasteiger partial charge in [0.05, 0.1) is 18.2 Å². The molecule has 1 N–H and O–H groups in total. The van der Waals surface area contributed by atoms with Gasteiger partial charge < -0.3 is 14.4 Å². The van der Waals surface area contributed by atoms with Crippen LogP contribution in [0.2, 0.25) is 0 Å². The molecule has 0 bridgehead atoms. The topological polar surface area (TPSA) is 47.3 Å². The molecule has 1 aromatic heterocycles. The van der Waals surface area contributed by atoms with E-state index in [-0.39, 0.29) is 5.75 Å². The number of para-hydroxylation sites is 2. The summed E-state index contributed by atoms with van der Waals surface area (Å²) in [4.78, 5) is 4.14. The molecule has 0 amide bonds. The second-order valence-electron chi connectivity index (χ2n) is 4.28. The number of benzene rings is 1. The largest absolute Gasteiger partial charge is 0.504 e. The normalized spacial score (nSPS) is 14.8. The molecular weight excluding hydrogens is 216 g/mol. The molecular formula is C13H14N2O2. The molecule has 1 aliphatic rings.